The van der Waals surface area contributed by atoms with Crippen molar-refractivity contribution in [3.05, 3.63) is 65.7 Å². The van der Waals surface area contributed by atoms with Crippen LogP contribution in [0, 0.1) is 5.92 Å². The Morgan fingerprint density at radius 2 is 1.73 bits per heavy atom. The van der Waals surface area contributed by atoms with Gasteiger partial charge >= 0.3 is 0 Å². The van der Waals surface area contributed by atoms with E-state index in [4.69, 9.17) is 4.99 Å². The molecule has 1 heterocycles. The van der Waals surface area contributed by atoms with Crippen molar-refractivity contribution < 1.29 is 4.79 Å². The van der Waals surface area contributed by atoms with Crippen LogP contribution >= 0.6 is 0 Å². The number of nitrogens with one attached hydrogen (secondary N) is 1. The number of rotatable bonds is 3. The molecule has 2 aromatic carbocycles. The first-order chi connectivity index (χ1) is 10.6. The van der Waals surface area contributed by atoms with Crippen molar-refractivity contribution in [3.63, 3.8) is 0 Å². The molecule has 3 nitrogen and oxygen atoms in total. The maximum absolute atomic E-state index is 12.5. The molecule has 0 aromatic heterocycles. The molecule has 0 radical (unpaired) electrons. The average Bonchev–Trinajstić information content (AvgIpc) is 2.65. The van der Waals surface area contributed by atoms with Crippen molar-refractivity contribution in [2.75, 3.05) is 5.32 Å². The fraction of sp³-hybridized carbons (Fsp3) is 0.263. The molecular weight excluding hydrogens is 272 g/mol. The number of anilines is 1. The van der Waals surface area contributed by atoms with Gasteiger partial charge in [0.25, 0.3) is 0 Å². The molecule has 1 N–H and O–H groups in total. The van der Waals surface area contributed by atoms with Crippen molar-refractivity contribution in [1.29, 1.82) is 0 Å². The lowest BCUT2D eigenvalue weighted by atomic mass is 10.00. The van der Waals surface area contributed by atoms with Gasteiger partial charge in [0.05, 0.1) is 11.4 Å². The van der Waals surface area contributed by atoms with E-state index in [2.05, 4.69) is 19.2 Å². The van der Waals surface area contributed by atoms with Gasteiger partial charge in [0.2, 0.25) is 5.91 Å². The summed E-state index contributed by atoms with van der Waals surface area (Å²) >= 11 is 0. The highest BCUT2D eigenvalue weighted by atomic mass is 16.2. The van der Waals surface area contributed by atoms with Gasteiger partial charge in [-0.1, -0.05) is 62.4 Å². The minimum absolute atomic E-state index is 0.0212. The van der Waals surface area contributed by atoms with E-state index >= 15 is 0 Å². The van der Waals surface area contributed by atoms with Gasteiger partial charge in [-0.3, -0.25) is 9.79 Å². The summed E-state index contributed by atoms with van der Waals surface area (Å²) in [5.41, 5.74) is 3.75. The second kappa shape index (κ2) is 6.14. The van der Waals surface area contributed by atoms with E-state index in [0.717, 1.165) is 28.9 Å². The fourth-order valence-corrected chi connectivity index (χ4v) is 2.73. The SMILES string of the molecule is CC(C)CC1N=C(c2ccccc2)c2ccccc2NC1=O. The second-order valence-electron chi connectivity index (χ2n) is 6.02. The smallest absolute Gasteiger partial charge is 0.249 e. The van der Waals surface area contributed by atoms with E-state index in [1.807, 2.05) is 54.6 Å². The van der Waals surface area contributed by atoms with Crippen molar-refractivity contribution >= 4 is 17.3 Å². The molecule has 0 saturated carbocycles. The highest BCUT2D eigenvalue weighted by Gasteiger charge is 2.25. The number of benzodiazepines with no additional fused rings is 1. The van der Waals surface area contributed by atoms with Crippen LogP contribution in [0.5, 0.6) is 0 Å². The zero-order valence-electron chi connectivity index (χ0n) is 12.9. The number of hydrogen-bond donors (Lipinski definition) is 1. The maximum atomic E-state index is 12.5. The lowest BCUT2D eigenvalue weighted by molar-refractivity contribution is -0.117. The zero-order valence-corrected chi connectivity index (χ0v) is 12.9. The summed E-state index contributed by atoms with van der Waals surface area (Å²) in [5, 5.41) is 3.02. The van der Waals surface area contributed by atoms with E-state index in [1.165, 1.54) is 0 Å². The van der Waals surface area contributed by atoms with Crippen LogP contribution in [0.1, 0.15) is 31.4 Å². The molecule has 0 bridgehead atoms. The van der Waals surface area contributed by atoms with Crippen LogP contribution in [0.4, 0.5) is 5.69 Å². The minimum Gasteiger partial charge on any atom is -0.324 e. The number of hydrogen-bond acceptors (Lipinski definition) is 2. The van der Waals surface area contributed by atoms with Gasteiger partial charge in [0.15, 0.2) is 0 Å². The molecule has 3 heteroatoms. The molecule has 1 aliphatic heterocycles. The Balaban J connectivity index is 2.13. The van der Waals surface area contributed by atoms with Crippen molar-refractivity contribution in [3.8, 4) is 0 Å². The molecule has 1 atom stereocenters. The fourth-order valence-electron chi connectivity index (χ4n) is 2.73. The van der Waals surface area contributed by atoms with E-state index in [1.54, 1.807) is 0 Å². The quantitative estimate of drug-likeness (QED) is 0.916. The first-order valence-electron chi connectivity index (χ1n) is 7.68. The number of benzene rings is 2. The Morgan fingerprint density at radius 1 is 1.05 bits per heavy atom. The van der Waals surface area contributed by atoms with Gasteiger partial charge in [-0.2, -0.15) is 0 Å². The second-order valence-corrected chi connectivity index (χ2v) is 6.02. The van der Waals surface area contributed by atoms with Crippen molar-refractivity contribution in [2.45, 2.75) is 26.3 Å². The molecule has 22 heavy (non-hydrogen) atoms. The Hall–Kier alpha value is -2.42. The number of carbonyl (C=O) groups is 1. The van der Waals surface area contributed by atoms with Crippen LogP contribution in [0.3, 0.4) is 0 Å². The number of para-hydroxylation sites is 1. The van der Waals surface area contributed by atoms with Gasteiger partial charge in [-0.15, -0.1) is 0 Å². The number of carbonyl (C=O) groups excluding carboxylic acids is 1. The molecule has 1 amide bonds. The lowest BCUT2D eigenvalue weighted by Crippen LogP contribution is -2.26. The van der Waals surface area contributed by atoms with Gasteiger partial charge in [-0.05, 0) is 18.4 Å². The summed E-state index contributed by atoms with van der Waals surface area (Å²) in [6.45, 7) is 4.23. The summed E-state index contributed by atoms with van der Waals surface area (Å²) in [5.74, 6) is 0.393. The van der Waals surface area contributed by atoms with E-state index in [9.17, 15) is 4.79 Å². The number of nitrogens with zero attached hydrogens (tertiary/aromatic N) is 1. The Kier molecular flexibility index (Phi) is 4.05. The van der Waals surface area contributed by atoms with Gasteiger partial charge in [0.1, 0.15) is 6.04 Å². The molecular formula is C19H20N2O. The molecule has 0 aliphatic carbocycles. The van der Waals surface area contributed by atoms with Crippen LogP contribution in [0.15, 0.2) is 59.6 Å². The normalized spacial score (nSPS) is 17.5. The van der Waals surface area contributed by atoms with Gasteiger partial charge in [-0.25, -0.2) is 0 Å². The molecule has 3 rings (SSSR count). The van der Waals surface area contributed by atoms with Gasteiger partial charge in [0, 0.05) is 11.1 Å². The van der Waals surface area contributed by atoms with Crippen molar-refractivity contribution in [1.82, 2.24) is 0 Å². The Labute approximate surface area is 131 Å². The summed E-state index contributed by atoms with van der Waals surface area (Å²) < 4.78 is 0. The average molecular weight is 292 g/mol. The minimum atomic E-state index is -0.345. The molecule has 0 spiro atoms. The number of fused-ring (bicyclic) bond motifs is 1. The molecule has 2 aromatic rings. The highest BCUT2D eigenvalue weighted by Crippen LogP contribution is 2.25. The standard InChI is InChI=1S/C19H20N2O/c1-13(2)12-17-19(22)21-16-11-7-6-10-15(16)18(20-17)14-8-4-3-5-9-14/h3-11,13,17H,12H2,1-2H3,(H,21,22). The van der Waals surface area contributed by atoms with E-state index in [-0.39, 0.29) is 11.9 Å². The summed E-state index contributed by atoms with van der Waals surface area (Å²) in [4.78, 5) is 17.3. The number of aliphatic imine (C=N–C) groups is 1. The Morgan fingerprint density at radius 3 is 2.45 bits per heavy atom. The molecule has 1 aliphatic rings. The van der Waals surface area contributed by atoms with Crippen LogP contribution < -0.4 is 5.32 Å². The monoisotopic (exact) mass is 292 g/mol. The molecule has 0 saturated heterocycles. The Bertz CT molecular complexity index is 704. The van der Waals surface area contributed by atoms with Crippen LogP contribution in [0.2, 0.25) is 0 Å². The van der Waals surface area contributed by atoms with Gasteiger partial charge < -0.3 is 5.32 Å². The topological polar surface area (TPSA) is 41.5 Å². The summed E-state index contributed by atoms with van der Waals surface area (Å²) in [7, 11) is 0. The third kappa shape index (κ3) is 2.93. The predicted molar refractivity (Wildman–Crippen MR) is 90.4 cm³/mol. The van der Waals surface area contributed by atoms with Crippen LogP contribution in [-0.2, 0) is 4.79 Å². The third-order valence-corrected chi connectivity index (χ3v) is 3.77. The molecule has 112 valence electrons. The van der Waals surface area contributed by atoms with Crippen LogP contribution in [-0.4, -0.2) is 17.7 Å². The van der Waals surface area contributed by atoms with E-state index in [0.29, 0.717) is 5.92 Å². The molecule has 0 fully saturated rings. The highest BCUT2D eigenvalue weighted by molar-refractivity contribution is 6.19. The first-order valence-corrected chi connectivity index (χ1v) is 7.68. The summed E-state index contributed by atoms with van der Waals surface area (Å²) in [6, 6.07) is 17.6. The van der Waals surface area contributed by atoms with Crippen molar-refractivity contribution in [2.24, 2.45) is 10.9 Å². The van der Waals surface area contributed by atoms with Crippen LogP contribution in [0.25, 0.3) is 0 Å². The predicted octanol–water partition coefficient (Wildman–Crippen LogP) is 3.89. The van der Waals surface area contributed by atoms with E-state index < -0.39 is 0 Å². The summed E-state index contributed by atoms with van der Waals surface area (Å²) in [6.07, 6.45) is 0.746. The lowest BCUT2D eigenvalue weighted by Gasteiger charge is -2.13. The third-order valence-electron chi connectivity index (χ3n) is 3.77. The largest absolute Gasteiger partial charge is 0.324 e. The number of amides is 1. The first kappa shape index (κ1) is 14.5. The molecule has 1 unspecified atom stereocenters. The zero-order chi connectivity index (χ0) is 15.5. The maximum Gasteiger partial charge on any atom is 0.249 e.